The zero-order valence-electron chi connectivity index (χ0n) is 12.2. The van der Waals surface area contributed by atoms with E-state index in [0.29, 0.717) is 0 Å². The first kappa shape index (κ1) is 14.0. The SMILES string of the molecule is CCNCc1nc(-c2ccn(C)n2)sc1-c1ccccc1. The summed E-state index contributed by atoms with van der Waals surface area (Å²) >= 11 is 1.70. The van der Waals surface area contributed by atoms with Crippen molar-refractivity contribution in [3.8, 4) is 21.1 Å². The molecule has 3 rings (SSSR count). The zero-order chi connectivity index (χ0) is 14.7. The van der Waals surface area contributed by atoms with Crippen molar-refractivity contribution < 1.29 is 0 Å². The van der Waals surface area contributed by atoms with E-state index >= 15 is 0 Å². The molecule has 2 heterocycles. The summed E-state index contributed by atoms with van der Waals surface area (Å²) in [7, 11) is 1.93. The van der Waals surface area contributed by atoms with Crippen molar-refractivity contribution in [1.29, 1.82) is 0 Å². The van der Waals surface area contributed by atoms with Gasteiger partial charge in [0.1, 0.15) is 10.7 Å². The molecule has 0 saturated heterocycles. The van der Waals surface area contributed by atoms with Gasteiger partial charge in [-0.1, -0.05) is 37.3 Å². The van der Waals surface area contributed by atoms with E-state index in [0.717, 1.165) is 29.5 Å². The third kappa shape index (κ3) is 3.04. The average Bonchev–Trinajstić information content (AvgIpc) is 3.12. The first-order chi connectivity index (χ1) is 10.3. The van der Waals surface area contributed by atoms with Crippen LogP contribution in [0.4, 0.5) is 0 Å². The largest absolute Gasteiger partial charge is 0.311 e. The molecule has 1 aromatic carbocycles. The lowest BCUT2D eigenvalue weighted by Gasteiger charge is -2.02. The number of hydrogen-bond donors (Lipinski definition) is 1. The van der Waals surface area contributed by atoms with Crippen molar-refractivity contribution in [3.05, 3.63) is 48.3 Å². The number of hydrogen-bond acceptors (Lipinski definition) is 4. The number of aryl methyl sites for hydroxylation is 1. The summed E-state index contributed by atoms with van der Waals surface area (Å²) in [6, 6.07) is 12.4. The van der Waals surface area contributed by atoms with Gasteiger partial charge in [0.25, 0.3) is 0 Å². The fourth-order valence-corrected chi connectivity index (χ4v) is 3.22. The van der Waals surface area contributed by atoms with E-state index in [1.54, 1.807) is 11.3 Å². The van der Waals surface area contributed by atoms with Gasteiger partial charge in [0.15, 0.2) is 0 Å². The molecular formula is C16H18N4S. The Hall–Kier alpha value is -1.98. The summed E-state index contributed by atoms with van der Waals surface area (Å²) in [5, 5.41) is 8.79. The van der Waals surface area contributed by atoms with Crippen molar-refractivity contribution in [1.82, 2.24) is 20.1 Å². The van der Waals surface area contributed by atoms with Crippen LogP contribution in [0.25, 0.3) is 21.1 Å². The van der Waals surface area contributed by atoms with Crippen molar-refractivity contribution in [2.45, 2.75) is 13.5 Å². The molecule has 21 heavy (non-hydrogen) atoms. The second-order valence-corrected chi connectivity index (χ2v) is 5.81. The van der Waals surface area contributed by atoms with E-state index in [2.05, 4.69) is 41.6 Å². The average molecular weight is 298 g/mol. The molecule has 0 fully saturated rings. The van der Waals surface area contributed by atoms with Crippen LogP contribution in [-0.4, -0.2) is 21.3 Å². The highest BCUT2D eigenvalue weighted by atomic mass is 32.1. The summed E-state index contributed by atoms with van der Waals surface area (Å²) in [6.45, 7) is 3.82. The molecule has 0 spiro atoms. The Morgan fingerprint density at radius 2 is 2.00 bits per heavy atom. The zero-order valence-corrected chi connectivity index (χ0v) is 13.0. The van der Waals surface area contributed by atoms with Crippen LogP contribution in [0.1, 0.15) is 12.6 Å². The molecule has 4 nitrogen and oxygen atoms in total. The molecular weight excluding hydrogens is 280 g/mol. The normalized spacial score (nSPS) is 11.0. The van der Waals surface area contributed by atoms with Crippen molar-refractivity contribution in [2.75, 3.05) is 6.54 Å². The van der Waals surface area contributed by atoms with Gasteiger partial charge in [0, 0.05) is 19.8 Å². The molecule has 1 N–H and O–H groups in total. The minimum Gasteiger partial charge on any atom is -0.311 e. The molecule has 2 aromatic heterocycles. The van der Waals surface area contributed by atoms with Gasteiger partial charge >= 0.3 is 0 Å². The minimum atomic E-state index is 0.782. The molecule has 5 heteroatoms. The molecule has 108 valence electrons. The van der Waals surface area contributed by atoms with Crippen LogP contribution >= 0.6 is 11.3 Å². The lowest BCUT2D eigenvalue weighted by atomic mass is 10.1. The van der Waals surface area contributed by atoms with Gasteiger partial charge < -0.3 is 5.32 Å². The Morgan fingerprint density at radius 1 is 1.19 bits per heavy atom. The minimum absolute atomic E-state index is 0.782. The third-order valence-electron chi connectivity index (χ3n) is 3.21. The monoisotopic (exact) mass is 298 g/mol. The van der Waals surface area contributed by atoms with E-state index in [9.17, 15) is 0 Å². The number of rotatable bonds is 5. The molecule has 0 amide bonds. The number of aromatic nitrogens is 3. The fraction of sp³-hybridized carbons (Fsp3) is 0.250. The van der Waals surface area contributed by atoms with E-state index in [1.807, 2.05) is 30.1 Å². The molecule has 0 aliphatic rings. The van der Waals surface area contributed by atoms with Crippen LogP contribution < -0.4 is 5.32 Å². The second-order valence-electron chi connectivity index (χ2n) is 4.82. The van der Waals surface area contributed by atoms with Gasteiger partial charge in [-0.15, -0.1) is 11.3 Å². The first-order valence-electron chi connectivity index (χ1n) is 7.03. The first-order valence-corrected chi connectivity index (χ1v) is 7.85. The van der Waals surface area contributed by atoms with Crippen LogP contribution in [0.3, 0.4) is 0 Å². The Morgan fingerprint density at radius 3 is 2.67 bits per heavy atom. The van der Waals surface area contributed by atoms with E-state index < -0.39 is 0 Å². The Bertz CT molecular complexity index is 715. The maximum absolute atomic E-state index is 4.79. The van der Waals surface area contributed by atoms with E-state index in [-0.39, 0.29) is 0 Å². The summed E-state index contributed by atoms with van der Waals surface area (Å²) in [6.07, 6.45) is 1.95. The summed E-state index contributed by atoms with van der Waals surface area (Å²) < 4.78 is 1.81. The Labute approximate surface area is 128 Å². The van der Waals surface area contributed by atoms with Gasteiger partial charge in [-0.25, -0.2) is 4.98 Å². The fourth-order valence-electron chi connectivity index (χ4n) is 2.17. The maximum Gasteiger partial charge on any atom is 0.144 e. The van der Waals surface area contributed by atoms with Crippen LogP contribution in [0.2, 0.25) is 0 Å². The van der Waals surface area contributed by atoms with Gasteiger partial charge in [0.2, 0.25) is 0 Å². The predicted molar refractivity (Wildman–Crippen MR) is 87.1 cm³/mol. The van der Waals surface area contributed by atoms with E-state index in [1.165, 1.54) is 10.4 Å². The molecule has 3 aromatic rings. The number of nitrogens with one attached hydrogen (secondary N) is 1. The quantitative estimate of drug-likeness (QED) is 0.786. The van der Waals surface area contributed by atoms with Gasteiger partial charge in [-0.05, 0) is 18.2 Å². The number of benzene rings is 1. The van der Waals surface area contributed by atoms with Crippen LogP contribution in [0.15, 0.2) is 42.6 Å². The van der Waals surface area contributed by atoms with Crippen molar-refractivity contribution in [2.24, 2.45) is 7.05 Å². The third-order valence-corrected chi connectivity index (χ3v) is 4.38. The highest BCUT2D eigenvalue weighted by molar-refractivity contribution is 7.18. The van der Waals surface area contributed by atoms with Crippen molar-refractivity contribution in [3.63, 3.8) is 0 Å². The molecule has 0 aliphatic heterocycles. The van der Waals surface area contributed by atoms with Crippen molar-refractivity contribution >= 4 is 11.3 Å². The van der Waals surface area contributed by atoms with Gasteiger partial charge in [-0.2, -0.15) is 5.10 Å². The Balaban J connectivity index is 2.03. The lowest BCUT2D eigenvalue weighted by Crippen LogP contribution is -2.12. The second kappa shape index (κ2) is 6.20. The topological polar surface area (TPSA) is 42.7 Å². The molecule has 0 bridgehead atoms. The van der Waals surface area contributed by atoms with Gasteiger partial charge in [-0.3, -0.25) is 4.68 Å². The number of nitrogens with zero attached hydrogens (tertiary/aromatic N) is 3. The van der Waals surface area contributed by atoms with Crippen LogP contribution in [0, 0.1) is 0 Å². The smallest absolute Gasteiger partial charge is 0.144 e. The van der Waals surface area contributed by atoms with Gasteiger partial charge in [0.05, 0.1) is 10.6 Å². The molecule has 0 atom stereocenters. The molecule has 0 unspecified atom stereocenters. The maximum atomic E-state index is 4.79. The van der Waals surface area contributed by atoms with Crippen LogP contribution in [-0.2, 0) is 13.6 Å². The summed E-state index contributed by atoms with van der Waals surface area (Å²) in [5.41, 5.74) is 3.24. The number of thiazole rings is 1. The predicted octanol–water partition coefficient (Wildman–Crippen LogP) is 3.32. The highest BCUT2D eigenvalue weighted by Crippen LogP contribution is 2.34. The molecule has 0 radical (unpaired) electrons. The summed E-state index contributed by atoms with van der Waals surface area (Å²) in [4.78, 5) is 6.01. The van der Waals surface area contributed by atoms with Crippen LogP contribution in [0.5, 0.6) is 0 Å². The lowest BCUT2D eigenvalue weighted by molar-refractivity contribution is 0.715. The molecule has 0 saturated carbocycles. The Kier molecular flexibility index (Phi) is 4.13. The highest BCUT2D eigenvalue weighted by Gasteiger charge is 2.15. The van der Waals surface area contributed by atoms with E-state index in [4.69, 9.17) is 4.98 Å². The standard InChI is InChI=1S/C16H18N4S/c1-3-17-11-14-15(12-7-5-4-6-8-12)21-16(18-14)13-9-10-20(2)19-13/h4-10,17H,3,11H2,1-2H3. The summed E-state index contributed by atoms with van der Waals surface area (Å²) in [5.74, 6) is 0. The molecule has 0 aliphatic carbocycles.